The molecule has 1 saturated heterocycles. The van der Waals surface area contributed by atoms with E-state index in [1.54, 1.807) is 13.8 Å². The number of hydrogen-bond acceptors (Lipinski definition) is 5. The Labute approximate surface area is 145 Å². The monoisotopic (exact) mass is 348 g/mol. The van der Waals surface area contributed by atoms with E-state index in [1.165, 1.54) is 22.7 Å². The smallest absolute Gasteiger partial charge is 0.333 e. The third-order valence-electron chi connectivity index (χ3n) is 3.45. The molecule has 1 fully saturated rings. The summed E-state index contributed by atoms with van der Waals surface area (Å²) >= 11 is 1.23. The standard InChI is InChI=1S/C17H20N2O4S/c1-3-23-16(21)9-15-19(14(20)11-24-15)12(2)17(22)18-10-13-7-5-4-6-8-13/h4-9,12H,3,10-11H2,1-2H3,(H,18,22)/b15-9-/t12-/m0/s1. The lowest BCUT2D eigenvalue weighted by Gasteiger charge is -2.24. The van der Waals surface area contributed by atoms with Gasteiger partial charge in [-0.25, -0.2) is 4.79 Å². The summed E-state index contributed by atoms with van der Waals surface area (Å²) in [5, 5.41) is 3.25. The topological polar surface area (TPSA) is 75.7 Å². The molecule has 2 rings (SSSR count). The van der Waals surface area contributed by atoms with Gasteiger partial charge in [0.25, 0.3) is 0 Å². The van der Waals surface area contributed by atoms with E-state index in [1.807, 2.05) is 30.3 Å². The summed E-state index contributed by atoms with van der Waals surface area (Å²) in [5.74, 6) is -0.777. The first kappa shape index (κ1) is 18.1. The molecule has 1 aliphatic heterocycles. The molecule has 1 heterocycles. The van der Waals surface area contributed by atoms with Crippen molar-refractivity contribution < 1.29 is 19.1 Å². The zero-order valence-corrected chi connectivity index (χ0v) is 14.5. The van der Waals surface area contributed by atoms with Crippen molar-refractivity contribution in [3.8, 4) is 0 Å². The van der Waals surface area contributed by atoms with E-state index in [2.05, 4.69) is 5.32 Å². The highest BCUT2D eigenvalue weighted by Crippen LogP contribution is 2.30. The number of nitrogens with one attached hydrogen (secondary N) is 1. The SMILES string of the molecule is CCOC(=O)/C=C1\SCC(=O)N1[C@@H](C)C(=O)NCc1ccccc1. The Balaban J connectivity index is 2.02. The number of carbonyl (C=O) groups is 3. The first-order valence-electron chi connectivity index (χ1n) is 7.68. The van der Waals surface area contributed by atoms with Crippen molar-refractivity contribution in [2.45, 2.75) is 26.4 Å². The number of carbonyl (C=O) groups excluding carboxylic acids is 3. The molecule has 1 aromatic rings. The van der Waals surface area contributed by atoms with Gasteiger partial charge in [0.05, 0.1) is 23.5 Å². The van der Waals surface area contributed by atoms with Crippen LogP contribution in [0.1, 0.15) is 19.4 Å². The van der Waals surface area contributed by atoms with Crippen LogP contribution in [0.3, 0.4) is 0 Å². The number of thioether (sulfide) groups is 1. The highest BCUT2D eigenvalue weighted by Gasteiger charge is 2.34. The van der Waals surface area contributed by atoms with E-state index in [0.29, 0.717) is 11.6 Å². The van der Waals surface area contributed by atoms with Gasteiger partial charge in [0, 0.05) is 6.54 Å². The lowest BCUT2D eigenvalue weighted by atomic mass is 10.2. The van der Waals surface area contributed by atoms with Gasteiger partial charge < -0.3 is 10.1 Å². The fourth-order valence-corrected chi connectivity index (χ4v) is 3.24. The maximum atomic E-state index is 12.3. The summed E-state index contributed by atoms with van der Waals surface area (Å²) in [6.07, 6.45) is 1.26. The average molecular weight is 348 g/mol. The second kappa shape index (κ2) is 8.54. The predicted molar refractivity (Wildman–Crippen MR) is 91.8 cm³/mol. The molecule has 0 radical (unpaired) electrons. The van der Waals surface area contributed by atoms with Crippen LogP contribution in [-0.4, -0.2) is 41.1 Å². The maximum absolute atomic E-state index is 12.3. The van der Waals surface area contributed by atoms with Gasteiger partial charge in [0.2, 0.25) is 11.8 Å². The Morgan fingerprint density at radius 3 is 2.75 bits per heavy atom. The van der Waals surface area contributed by atoms with Crippen molar-refractivity contribution in [2.24, 2.45) is 0 Å². The quantitative estimate of drug-likeness (QED) is 0.625. The molecule has 1 aromatic carbocycles. The minimum absolute atomic E-state index is 0.196. The largest absolute Gasteiger partial charge is 0.463 e. The lowest BCUT2D eigenvalue weighted by Crippen LogP contribution is -2.45. The molecular weight excluding hydrogens is 328 g/mol. The van der Waals surface area contributed by atoms with E-state index >= 15 is 0 Å². The van der Waals surface area contributed by atoms with Crippen molar-refractivity contribution in [3.63, 3.8) is 0 Å². The minimum Gasteiger partial charge on any atom is -0.463 e. The van der Waals surface area contributed by atoms with Gasteiger partial charge in [-0.2, -0.15) is 0 Å². The van der Waals surface area contributed by atoms with Crippen LogP contribution in [0.4, 0.5) is 0 Å². The molecule has 24 heavy (non-hydrogen) atoms. The summed E-state index contributed by atoms with van der Waals surface area (Å²) in [6, 6.07) is 8.82. The van der Waals surface area contributed by atoms with Crippen molar-refractivity contribution in [2.75, 3.05) is 12.4 Å². The van der Waals surface area contributed by atoms with E-state index in [-0.39, 0.29) is 24.2 Å². The zero-order chi connectivity index (χ0) is 17.5. The van der Waals surface area contributed by atoms with Crippen LogP contribution in [0.5, 0.6) is 0 Å². The fourth-order valence-electron chi connectivity index (χ4n) is 2.25. The molecular formula is C17H20N2O4S. The highest BCUT2D eigenvalue weighted by molar-refractivity contribution is 8.04. The molecule has 0 bridgehead atoms. The minimum atomic E-state index is -0.697. The molecule has 0 unspecified atom stereocenters. The van der Waals surface area contributed by atoms with Crippen molar-refractivity contribution in [1.29, 1.82) is 0 Å². The van der Waals surface area contributed by atoms with Crippen LogP contribution in [0.25, 0.3) is 0 Å². The van der Waals surface area contributed by atoms with Crippen LogP contribution < -0.4 is 5.32 Å². The van der Waals surface area contributed by atoms with Gasteiger partial charge in [-0.15, -0.1) is 0 Å². The maximum Gasteiger partial charge on any atom is 0.333 e. The molecule has 0 spiro atoms. The Kier molecular flexibility index (Phi) is 6.43. The molecule has 0 saturated carbocycles. The average Bonchev–Trinajstić information content (AvgIpc) is 2.93. The molecule has 0 aliphatic carbocycles. The zero-order valence-electron chi connectivity index (χ0n) is 13.7. The lowest BCUT2D eigenvalue weighted by molar-refractivity contribution is -0.137. The molecule has 2 amide bonds. The summed E-state index contributed by atoms with van der Waals surface area (Å²) in [5.41, 5.74) is 0.975. The van der Waals surface area contributed by atoms with E-state index in [0.717, 1.165) is 5.56 Å². The molecule has 1 aliphatic rings. The number of ether oxygens (including phenoxy) is 1. The van der Waals surface area contributed by atoms with E-state index in [4.69, 9.17) is 4.74 Å². The van der Waals surface area contributed by atoms with Crippen LogP contribution in [0.2, 0.25) is 0 Å². The van der Waals surface area contributed by atoms with Crippen molar-refractivity contribution in [1.82, 2.24) is 10.2 Å². The molecule has 1 atom stereocenters. The molecule has 7 heteroatoms. The molecule has 1 N–H and O–H groups in total. The first-order valence-corrected chi connectivity index (χ1v) is 8.66. The number of esters is 1. The van der Waals surface area contributed by atoms with Gasteiger partial charge >= 0.3 is 5.97 Å². The van der Waals surface area contributed by atoms with Gasteiger partial charge in [-0.1, -0.05) is 42.1 Å². The van der Waals surface area contributed by atoms with Gasteiger partial charge in [-0.3, -0.25) is 14.5 Å². The summed E-state index contributed by atoms with van der Waals surface area (Å²) in [4.78, 5) is 37.4. The van der Waals surface area contributed by atoms with Gasteiger partial charge in [0.1, 0.15) is 6.04 Å². The highest BCUT2D eigenvalue weighted by atomic mass is 32.2. The summed E-state index contributed by atoms with van der Waals surface area (Å²) in [7, 11) is 0. The van der Waals surface area contributed by atoms with Crippen LogP contribution >= 0.6 is 11.8 Å². The third kappa shape index (κ3) is 4.61. The Morgan fingerprint density at radius 1 is 1.38 bits per heavy atom. The third-order valence-corrected chi connectivity index (χ3v) is 4.46. The second-order valence-electron chi connectivity index (χ2n) is 5.17. The van der Waals surface area contributed by atoms with Crippen molar-refractivity contribution >= 4 is 29.5 Å². The molecule has 6 nitrogen and oxygen atoms in total. The van der Waals surface area contributed by atoms with Crippen LogP contribution in [0, 0.1) is 0 Å². The van der Waals surface area contributed by atoms with Crippen LogP contribution in [0.15, 0.2) is 41.4 Å². The predicted octanol–water partition coefficient (Wildman–Crippen LogP) is 1.67. The van der Waals surface area contributed by atoms with Crippen LogP contribution in [-0.2, 0) is 25.7 Å². The van der Waals surface area contributed by atoms with Gasteiger partial charge in [-0.05, 0) is 19.4 Å². The number of benzene rings is 1. The molecule has 128 valence electrons. The normalized spacial score (nSPS) is 17.0. The van der Waals surface area contributed by atoms with E-state index < -0.39 is 12.0 Å². The Hall–Kier alpha value is -2.28. The number of nitrogens with zero attached hydrogens (tertiary/aromatic N) is 1. The number of hydrogen-bond donors (Lipinski definition) is 1. The summed E-state index contributed by atoms with van der Waals surface area (Å²) in [6.45, 7) is 3.99. The molecule has 0 aromatic heterocycles. The Morgan fingerprint density at radius 2 is 2.08 bits per heavy atom. The number of amides is 2. The first-order chi connectivity index (χ1) is 11.5. The van der Waals surface area contributed by atoms with Gasteiger partial charge in [0.15, 0.2) is 0 Å². The van der Waals surface area contributed by atoms with Crippen molar-refractivity contribution in [3.05, 3.63) is 47.0 Å². The Bertz CT molecular complexity index is 645. The summed E-state index contributed by atoms with van der Waals surface area (Å²) < 4.78 is 4.87. The fraction of sp³-hybridized carbons (Fsp3) is 0.353. The van der Waals surface area contributed by atoms with E-state index in [9.17, 15) is 14.4 Å². The second-order valence-corrected chi connectivity index (χ2v) is 6.16. The number of rotatable bonds is 6.